The van der Waals surface area contributed by atoms with Gasteiger partial charge in [-0.1, -0.05) is 13.0 Å². The highest BCUT2D eigenvalue weighted by atomic mass is 35.5. The minimum Gasteiger partial charge on any atom is -0.371 e. The lowest BCUT2D eigenvalue weighted by molar-refractivity contribution is -0.384. The molecule has 1 aromatic carbocycles. The van der Waals surface area contributed by atoms with E-state index in [0.29, 0.717) is 18.8 Å². The number of rotatable bonds is 10. The summed E-state index contributed by atoms with van der Waals surface area (Å²) in [6, 6.07) is 9.73. The molecule has 1 unspecified atom stereocenters. The number of hydrogen-bond acceptors (Lipinski definition) is 6. The molecule has 0 aliphatic heterocycles. The maximum absolute atomic E-state index is 12.2. The lowest BCUT2D eigenvalue weighted by Gasteiger charge is -2.15. The van der Waals surface area contributed by atoms with E-state index < -0.39 is 4.92 Å². The maximum Gasteiger partial charge on any atom is 0.293 e. The van der Waals surface area contributed by atoms with Crippen molar-refractivity contribution in [1.82, 2.24) is 15.6 Å². The zero-order valence-electron chi connectivity index (χ0n) is 16.4. The normalized spacial score (nSPS) is 10.8. The van der Waals surface area contributed by atoms with Crippen LogP contribution >= 0.6 is 24.8 Å². The van der Waals surface area contributed by atoms with Crippen LogP contribution in [0.3, 0.4) is 0 Å². The Hall–Kier alpha value is -2.42. The van der Waals surface area contributed by atoms with Crippen molar-refractivity contribution in [3.8, 4) is 0 Å². The number of hydrogen-bond donors (Lipinski definition) is 3. The number of nitro groups is 1. The Morgan fingerprint density at radius 3 is 2.55 bits per heavy atom. The third kappa shape index (κ3) is 8.23. The van der Waals surface area contributed by atoms with Crippen molar-refractivity contribution < 1.29 is 9.72 Å². The summed E-state index contributed by atoms with van der Waals surface area (Å²) in [5.41, 5.74) is 1.23. The average molecular weight is 444 g/mol. The monoisotopic (exact) mass is 443 g/mol. The molecule has 0 saturated heterocycles. The predicted molar refractivity (Wildman–Crippen MR) is 119 cm³/mol. The fourth-order valence-corrected chi connectivity index (χ4v) is 2.55. The van der Waals surface area contributed by atoms with Crippen LogP contribution in [0.2, 0.25) is 0 Å². The van der Waals surface area contributed by atoms with Crippen LogP contribution in [0.1, 0.15) is 42.4 Å². The number of nitrogens with one attached hydrogen (secondary N) is 3. The Bertz CT molecular complexity index is 778. The summed E-state index contributed by atoms with van der Waals surface area (Å²) in [4.78, 5) is 27.4. The minimum atomic E-state index is -0.493. The first kappa shape index (κ1) is 26.6. The van der Waals surface area contributed by atoms with Gasteiger partial charge in [-0.25, -0.2) is 0 Å². The average Bonchev–Trinajstić information content (AvgIpc) is 2.68. The Morgan fingerprint density at radius 2 is 1.93 bits per heavy atom. The number of nitro benzene ring substituents is 1. The summed E-state index contributed by atoms with van der Waals surface area (Å²) < 4.78 is 0. The second kappa shape index (κ2) is 13.7. The third-order valence-corrected chi connectivity index (χ3v) is 3.97. The summed E-state index contributed by atoms with van der Waals surface area (Å²) in [5, 5.41) is 20.5. The van der Waals surface area contributed by atoms with Crippen molar-refractivity contribution in [1.29, 1.82) is 0 Å². The molecule has 0 aliphatic rings. The van der Waals surface area contributed by atoms with Gasteiger partial charge in [0.05, 0.1) is 16.7 Å². The van der Waals surface area contributed by atoms with Gasteiger partial charge in [0.25, 0.3) is 11.6 Å². The van der Waals surface area contributed by atoms with E-state index in [1.807, 2.05) is 25.1 Å². The van der Waals surface area contributed by atoms with E-state index in [1.54, 1.807) is 18.3 Å². The molecule has 0 bridgehead atoms. The minimum absolute atomic E-state index is 0. The van der Waals surface area contributed by atoms with E-state index in [-0.39, 0.29) is 48.0 Å². The maximum atomic E-state index is 12.2. The van der Waals surface area contributed by atoms with Crippen LogP contribution in [-0.4, -0.2) is 35.4 Å². The van der Waals surface area contributed by atoms with Gasteiger partial charge in [0, 0.05) is 30.9 Å². The molecule has 1 aromatic heterocycles. The molecule has 29 heavy (non-hydrogen) atoms. The first-order valence-corrected chi connectivity index (χ1v) is 8.97. The number of nitrogens with zero attached hydrogens (tertiary/aromatic N) is 2. The molecule has 2 aromatic rings. The Morgan fingerprint density at radius 1 is 1.17 bits per heavy atom. The molecule has 2 rings (SSSR count). The quantitative estimate of drug-likeness (QED) is 0.293. The smallest absolute Gasteiger partial charge is 0.293 e. The third-order valence-electron chi connectivity index (χ3n) is 3.97. The molecule has 8 nitrogen and oxygen atoms in total. The van der Waals surface area contributed by atoms with E-state index in [1.165, 1.54) is 6.07 Å². The van der Waals surface area contributed by atoms with Crippen molar-refractivity contribution in [3.05, 3.63) is 64.0 Å². The second-order valence-electron chi connectivity index (χ2n) is 6.12. The zero-order chi connectivity index (χ0) is 19.6. The summed E-state index contributed by atoms with van der Waals surface area (Å²) >= 11 is 0. The molecular weight excluding hydrogens is 417 g/mol. The Balaban J connectivity index is 0.00000392. The Kier molecular flexibility index (Phi) is 12.6. The van der Waals surface area contributed by atoms with Crippen molar-refractivity contribution >= 4 is 42.1 Å². The van der Waals surface area contributed by atoms with Gasteiger partial charge >= 0.3 is 0 Å². The van der Waals surface area contributed by atoms with Crippen molar-refractivity contribution in [3.63, 3.8) is 0 Å². The van der Waals surface area contributed by atoms with E-state index >= 15 is 0 Å². The molecule has 10 heteroatoms. The van der Waals surface area contributed by atoms with Crippen molar-refractivity contribution in [2.24, 2.45) is 0 Å². The van der Waals surface area contributed by atoms with Gasteiger partial charge < -0.3 is 16.0 Å². The number of benzene rings is 1. The molecule has 0 aliphatic carbocycles. The fraction of sp³-hybridized carbons (Fsp3) is 0.368. The molecule has 3 N–H and O–H groups in total. The zero-order valence-corrected chi connectivity index (χ0v) is 18.0. The summed E-state index contributed by atoms with van der Waals surface area (Å²) in [5.74, 6) is -0.333. The number of pyridine rings is 1. The number of carbonyl (C=O) groups is 1. The van der Waals surface area contributed by atoms with Crippen LogP contribution in [0.5, 0.6) is 0 Å². The standard InChI is InChI=1S/C19H25N5O3.2ClH/c1-3-9-20-11-12-22-19(25)15-7-8-17(18(13-15)24(26)27)23-14(2)16-6-4-5-10-21-16;;/h4-8,10,13-14,20,23H,3,9,11-12H2,1-2H3,(H,22,25);2*1H. The molecule has 1 heterocycles. The number of halogens is 2. The van der Waals surface area contributed by atoms with Gasteiger partial charge in [0.15, 0.2) is 0 Å². The Labute approximate surface area is 182 Å². The SMILES string of the molecule is CCCNCCNC(=O)c1ccc(NC(C)c2ccccn2)c([N+](=O)[O-])c1.Cl.Cl. The van der Waals surface area contributed by atoms with Crippen LogP contribution in [0.25, 0.3) is 0 Å². The van der Waals surface area contributed by atoms with Gasteiger partial charge in [-0.2, -0.15) is 0 Å². The fourth-order valence-electron chi connectivity index (χ4n) is 2.55. The van der Waals surface area contributed by atoms with E-state index in [0.717, 1.165) is 18.7 Å². The molecule has 1 atom stereocenters. The van der Waals surface area contributed by atoms with Crippen LogP contribution in [0.15, 0.2) is 42.6 Å². The summed E-state index contributed by atoms with van der Waals surface area (Å²) in [6.45, 7) is 5.94. The molecule has 0 radical (unpaired) electrons. The van der Waals surface area contributed by atoms with Crippen LogP contribution < -0.4 is 16.0 Å². The highest BCUT2D eigenvalue weighted by molar-refractivity contribution is 5.95. The lowest BCUT2D eigenvalue weighted by Crippen LogP contribution is -2.32. The van der Waals surface area contributed by atoms with Gasteiger partial charge in [-0.15, -0.1) is 24.8 Å². The number of amides is 1. The number of anilines is 1. The first-order valence-electron chi connectivity index (χ1n) is 8.97. The largest absolute Gasteiger partial charge is 0.371 e. The summed E-state index contributed by atoms with van der Waals surface area (Å²) in [7, 11) is 0. The van der Waals surface area contributed by atoms with Crippen LogP contribution in [0.4, 0.5) is 11.4 Å². The second-order valence-corrected chi connectivity index (χ2v) is 6.12. The van der Waals surface area contributed by atoms with Gasteiger partial charge in [-0.3, -0.25) is 19.9 Å². The van der Waals surface area contributed by atoms with Gasteiger partial charge in [-0.05, 0) is 44.2 Å². The molecule has 160 valence electrons. The van der Waals surface area contributed by atoms with E-state index in [2.05, 4.69) is 27.9 Å². The van der Waals surface area contributed by atoms with Crippen molar-refractivity contribution in [2.45, 2.75) is 26.3 Å². The first-order chi connectivity index (χ1) is 13.0. The topological polar surface area (TPSA) is 109 Å². The molecule has 0 saturated carbocycles. The lowest BCUT2D eigenvalue weighted by atomic mass is 10.1. The van der Waals surface area contributed by atoms with Crippen LogP contribution in [-0.2, 0) is 0 Å². The highest BCUT2D eigenvalue weighted by Crippen LogP contribution is 2.28. The molecule has 1 amide bonds. The molecule has 0 fully saturated rings. The molecule has 0 spiro atoms. The summed E-state index contributed by atoms with van der Waals surface area (Å²) in [6.07, 6.45) is 2.69. The predicted octanol–water partition coefficient (Wildman–Crippen LogP) is 3.74. The molecular formula is C19H27Cl2N5O3. The van der Waals surface area contributed by atoms with E-state index in [4.69, 9.17) is 0 Å². The van der Waals surface area contributed by atoms with Gasteiger partial charge in [0.2, 0.25) is 0 Å². The van der Waals surface area contributed by atoms with Crippen LogP contribution in [0, 0.1) is 10.1 Å². The van der Waals surface area contributed by atoms with E-state index in [9.17, 15) is 14.9 Å². The van der Waals surface area contributed by atoms with Crippen molar-refractivity contribution in [2.75, 3.05) is 25.0 Å². The number of carbonyl (C=O) groups excluding carboxylic acids is 1. The van der Waals surface area contributed by atoms with Gasteiger partial charge in [0.1, 0.15) is 5.69 Å². The highest BCUT2D eigenvalue weighted by Gasteiger charge is 2.19. The number of aromatic nitrogens is 1.